The molecule has 0 heterocycles. The number of hydrogen-bond acceptors (Lipinski definition) is 0. The van der Waals surface area contributed by atoms with Gasteiger partial charge in [-0.2, -0.15) is 0 Å². The lowest BCUT2D eigenvalue weighted by atomic mass is 10.2. The molecule has 1 rings (SSSR count). The van der Waals surface area contributed by atoms with E-state index in [1.165, 1.54) is 0 Å². The van der Waals surface area contributed by atoms with Crippen LogP contribution in [0.3, 0.4) is 0 Å². The maximum atomic E-state index is 7.16. The normalized spacial score (nSPS) is 15.9. The maximum Gasteiger partial charge on any atom is 0.0283 e. The molecule has 0 spiro atoms. The molecule has 0 saturated carbocycles. The highest BCUT2D eigenvalue weighted by Gasteiger charge is 1.86. The molecule has 0 fully saturated rings. The minimum Gasteiger partial charge on any atom is -0.0876 e. The third kappa shape index (κ3) is 1.83. The Balaban J connectivity index is 3.02. The predicted molar refractivity (Wildman–Crippen MR) is 43.8 cm³/mol. The fourth-order valence-electron chi connectivity index (χ4n) is 0.654. The highest BCUT2D eigenvalue weighted by Crippen LogP contribution is 2.06. The molecule has 0 unspecified atom stereocenters. The summed E-state index contributed by atoms with van der Waals surface area (Å²) in [6.07, 6.45) is 0. The molecule has 0 aliphatic carbocycles. The predicted octanol–water partition coefficient (Wildman–Crippen LogP) is 2.89. The average molecular weight is 188 g/mol. The molecule has 1 aromatic carbocycles. The van der Waals surface area contributed by atoms with Crippen molar-refractivity contribution in [3.8, 4) is 0 Å². The second kappa shape index (κ2) is 3.02. The standard InChI is InChI=1S/C8H9Br/c1-7-3-2-4-8(5-7)6-9/h2-5H,6H2,1H3/i1D3. The van der Waals surface area contributed by atoms with Gasteiger partial charge >= 0.3 is 0 Å². The highest BCUT2D eigenvalue weighted by molar-refractivity contribution is 9.08. The van der Waals surface area contributed by atoms with Crippen LogP contribution >= 0.6 is 15.9 Å². The van der Waals surface area contributed by atoms with Crippen LogP contribution in [0.4, 0.5) is 0 Å². The van der Waals surface area contributed by atoms with Gasteiger partial charge in [0.1, 0.15) is 0 Å². The fraction of sp³-hybridized carbons (Fsp3) is 0.250. The SMILES string of the molecule is [2H]C([2H])([2H])c1cccc(CBr)c1. The van der Waals surface area contributed by atoms with Gasteiger partial charge in [-0.15, -0.1) is 0 Å². The van der Waals surface area contributed by atoms with E-state index in [4.69, 9.17) is 4.11 Å². The minimum atomic E-state index is -1.99. The first-order valence-corrected chi connectivity index (χ1v) is 3.81. The van der Waals surface area contributed by atoms with Crippen molar-refractivity contribution in [2.24, 2.45) is 0 Å². The molecule has 48 valence electrons. The molecule has 0 nitrogen and oxygen atoms in total. The Morgan fingerprint density at radius 3 is 3.22 bits per heavy atom. The molecule has 0 N–H and O–H groups in total. The molecule has 0 amide bonds. The topological polar surface area (TPSA) is 0 Å². The largest absolute Gasteiger partial charge is 0.0876 e. The second-order valence-electron chi connectivity index (χ2n) is 1.83. The lowest BCUT2D eigenvalue weighted by molar-refractivity contribution is 1.37. The zero-order valence-electron chi connectivity index (χ0n) is 7.89. The monoisotopic (exact) mass is 187 g/mol. The summed E-state index contributed by atoms with van der Waals surface area (Å²) in [6.45, 7) is -1.99. The van der Waals surface area contributed by atoms with Crippen LogP contribution in [0, 0.1) is 6.85 Å². The van der Waals surface area contributed by atoms with Gasteiger partial charge < -0.3 is 0 Å². The van der Waals surface area contributed by atoms with Crippen LogP contribution in [0.25, 0.3) is 0 Å². The number of alkyl halides is 1. The minimum absolute atomic E-state index is 0.402. The van der Waals surface area contributed by atoms with Gasteiger partial charge in [-0.05, 0) is 12.4 Å². The van der Waals surface area contributed by atoms with Crippen LogP contribution in [0.5, 0.6) is 0 Å². The Bertz CT molecular complexity index is 267. The summed E-state index contributed by atoms with van der Waals surface area (Å²) >= 11 is 3.27. The van der Waals surface area contributed by atoms with Crippen LogP contribution in [-0.4, -0.2) is 0 Å². The Kier molecular flexibility index (Phi) is 1.26. The molecule has 0 aliphatic rings. The van der Waals surface area contributed by atoms with Crippen molar-refractivity contribution in [3.05, 3.63) is 35.4 Å². The first-order chi connectivity index (χ1) is 5.54. The lowest BCUT2D eigenvalue weighted by Crippen LogP contribution is -1.76. The van der Waals surface area contributed by atoms with Gasteiger partial charge in [0.05, 0.1) is 0 Å². The van der Waals surface area contributed by atoms with E-state index >= 15 is 0 Å². The van der Waals surface area contributed by atoms with Crippen molar-refractivity contribution in [1.29, 1.82) is 0 Å². The molecule has 0 aliphatic heterocycles. The Morgan fingerprint density at radius 1 is 1.67 bits per heavy atom. The third-order valence-corrected chi connectivity index (χ3v) is 1.73. The molecule has 0 saturated heterocycles. The van der Waals surface area contributed by atoms with E-state index in [-0.39, 0.29) is 0 Å². The zero-order chi connectivity index (χ0) is 9.19. The van der Waals surface area contributed by atoms with E-state index in [0.29, 0.717) is 10.9 Å². The number of rotatable bonds is 1. The third-order valence-electron chi connectivity index (χ3n) is 1.08. The van der Waals surface area contributed by atoms with Crippen molar-refractivity contribution in [2.75, 3.05) is 0 Å². The zero-order valence-corrected chi connectivity index (χ0v) is 6.48. The number of halogens is 1. The van der Waals surface area contributed by atoms with Crippen molar-refractivity contribution in [2.45, 2.75) is 12.2 Å². The molecule has 0 bridgehead atoms. The van der Waals surface area contributed by atoms with Gasteiger partial charge in [0.15, 0.2) is 0 Å². The van der Waals surface area contributed by atoms with Gasteiger partial charge in [0, 0.05) is 9.44 Å². The molecule has 1 heteroatoms. The summed E-state index contributed by atoms with van der Waals surface area (Å²) in [4.78, 5) is 0. The van der Waals surface area contributed by atoms with Crippen molar-refractivity contribution < 1.29 is 4.11 Å². The molecule has 9 heavy (non-hydrogen) atoms. The first kappa shape index (κ1) is 3.77. The second-order valence-corrected chi connectivity index (χ2v) is 2.39. The number of benzene rings is 1. The van der Waals surface area contributed by atoms with Gasteiger partial charge in [-0.3, -0.25) is 0 Å². The molecule has 0 radical (unpaired) electrons. The molecule has 0 atom stereocenters. The van der Waals surface area contributed by atoms with E-state index in [2.05, 4.69) is 15.9 Å². The fourth-order valence-corrected chi connectivity index (χ4v) is 1.00. The Labute approximate surface area is 68.2 Å². The van der Waals surface area contributed by atoms with Crippen molar-refractivity contribution in [3.63, 3.8) is 0 Å². The average Bonchev–Trinajstić information content (AvgIpc) is 2.03. The number of hydrogen-bond donors (Lipinski definition) is 0. The van der Waals surface area contributed by atoms with E-state index in [1.54, 1.807) is 18.2 Å². The first-order valence-electron chi connectivity index (χ1n) is 4.19. The Hall–Kier alpha value is -0.300. The summed E-state index contributed by atoms with van der Waals surface area (Å²) in [7, 11) is 0. The molecule has 1 aromatic rings. The lowest BCUT2D eigenvalue weighted by Gasteiger charge is -1.94. The highest BCUT2D eigenvalue weighted by atomic mass is 79.9. The van der Waals surface area contributed by atoms with Crippen LogP contribution in [0.15, 0.2) is 24.3 Å². The molecular formula is C8H9Br. The van der Waals surface area contributed by atoms with Gasteiger partial charge in [0.25, 0.3) is 0 Å². The summed E-state index contributed by atoms with van der Waals surface area (Å²) in [6, 6.07) is 6.98. The molecule has 0 aromatic heterocycles. The van der Waals surface area contributed by atoms with Gasteiger partial charge in [0.2, 0.25) is 0 Å². The van der Waals surface area contributed by atoms with E-state index in [1.807, 2.05) is 6.07 Å². The summed E-state index contributed by atoms with van der Waals surface area (Å²) in [5.41, 5.74) is 1.39. The number of aryl methyl sites for hydroxylation is 1. The smallest absolute Gasteiger partial charge is 0.0283 e. The van der Waals surface area contributed by atoms with Crippen molar-refractivity contribution in [1.82, 2.24) is 0 Å². The summed E-state index contributed by atoms with van der Waals surface area (Å²) in [5.74, 6) is 0. The van der Waals surface area contributed by atoms with E-state index < -0.39 is 6.85 Å². The summed E-state index contributed by atoms with van der Waals surface area (Å²) in [5, 5.41) is 0.691. The van der Waals surface area contributed by atoms with Crippen LogP contribution in [0.2, 0.25) is 0 Å². The maximum absolute atomic E-state index is 7.16. The van der Waals surface area contributed by atoms with Crippen LogP contribution in [-0.2, 0) is 5.33 Å². The summed E-state index contributed by atoms with van der Waals surface area (Å²) < 4.78 is 21.5. The van der Waals surface area contributed by atoms with Crippen LogP contribution < -0.4 is 0 Å². The van der Waals surface area contributed by atoms with Gasteiger partial charge in [-0.1, -0.05) is 45.8 Å². The van der Waals surface area contributed by atoms with Crippen LogP contribution in [0.1, 0.15) is 15.2 Å². The van der Waals surface area contributed by atoms with E-state index in [0.717, 1.165) is 5.56 Å². The Morgan fingerprint density at radius 2 is 2.56 bits per heavy atom. The van der Waals surface area contributed by atoms with Gasteiger partial charge in [-0.25, -0.2) is 0 Å². The van der Waals surface area contributed by atoms with Crippen molar-refractivity contribution >= 4 is 15.9 Å². The van der Waals surface area contributed by atoms with E-state index in [9.17, 15) is 0 Å². The quantitative estimate of drug-likeness (QED) is 0.594. The molecular weight excluding hydrogens is 176 g/mol.